The molecule has 0 bridgehead atoms. The standard InChI is InChI=1S/C20H22O6/c1-2-25-17-7-3-14(4-8-17)19(23)11-20(24)15-5-9-18(10-6-15)26-13-16(22)12-21/h3-10,16,21-22H,2,11-13H2,1H3. The number of carbonyl (C=O) groups is 2. The van der Waals surface area contributed by atoms with E-state index in [1.165, 1.54) is 0 Å². The molecular formula is C20H22O6. The first-order chi connectivity index (χ1) is 12.5. The van der Waals surface area contributed by atoms with Crippen LogP contribution in [0.5, 0.6) is 11.5 Å². The Bertz CT molecular complexity index is 721. The minimum Gasteiger partial charge on any atom is -0.494 e. The van der Waals surface area contributed by atoms with Gasteiger partial charge in [0, 0.05) is 11.1 Å². The molecule has 0 heterocycles. The lowest BCUT2D eigenvalue weighted by Crippen LogP contribution is -2.21. The molecule has 0 radical (unpaired) electrons. The molecule has 0 spiro atoms. The highest BCUT2D eigenvalue weighted by Gasteiger charge is 2.14. The molecule has 2 rings (SSSR count). The molecule has 26 heavy (non-hydrogen) atoms. The molecule has 0 amide bonds. The second-order valence-corrected chi connectivity index (χ2v) is 5.65. The molecule has 1 atom stereocenters. The number of aliphatic hydroxyl groups is 2. The van der Waals surface area contributed by atoms with Gasteiger partial charge in [0.2, 0.25) is 0 Å². The summed E-state index contributed by atoms with van der Waals surface area (Å²) in [5, 5.41) is 18.0. The number of hydrogen-bond acceptors (Lipinski definition) is 6. The third-order valence-corrected chi connectivity index (χ3v) is 3.64. The highest BCUT2D eigenvalue weighted by molar-refractivity contribution is 6.13. The number of ether oxygens (including phenoxy) is 2. The monoisotopic (exact) mass is 358 g/mol. The van der Waals surface area contributed by atoms with Crippen molar-refractivity contribution in [2.75, 3.05) is 19.8 Å². The summed E-state index contributed by atoms with van der Waals surface area (Å²) in [6.07, 6.45) is -1.18. The van der Waals surface area contributed by atoms with Gasteiger partial charge in [0.15, 0.2) is 11.6 Å². The second-order valence-electron chi connectivity index (χ2n) is 5.65. The number of carbonyl (C=O) groups excluding carboxylic acids is 2. The summed E-state index contributed by atoms with van der Waals surface area (Å²) in [5.74, 6) is 0.597. The summed E-state index contributed by atoms with van der Waals surface area (Å²) < 4.78 is 10.6. The zero-order valence-electron chi connectivity index (χ0n) is 14.6. The van der Waals surface area contributed by atoms with Crippen LogP contribution < -0.4 is 9.47 Å². The Balaban J connectivity index is 1.93. The second kappa shape index (κ2) is 9.70. The third kappa shape index (κ3) is 5.68. The summed E-state index contributed by atoms with van der Waals surface area (Å²) >= 11 is 0. The van der Waals surface area contributed by atoms with Gasteiger partial charge < -0.3 is 19.7 Å². The van der Waals surface area contributed by atoms with Crippen LogP contribution in [0.4, 0.5) is 0 Å². The van der Waals surface area contributed by atoms with E-state index >= 15 is 0 Å². The summed E-state index contributed by atoms with van der Waals surface area (Å²) in [6.45, 7) is 2.00. The summed E-state index contributed by atoms with van der Waals surface area (Å²) in [5.41, 5.74) is 0.860. The molecule has 138 valence electrons. The van der Waals surface area contributed by atoms with Gasteiger partial charge in [-0.05, 0) is 55.5 Å². The van der Waals surface area contributed by atoms with Crippen LogP contribution in [-0.4, -0.2) is 47.7 Å². The zero-order valence-corrected chi connectivity index (χ0v) is 14.6. The zero-order chi connectivity index (χ0) is 18.9. The van der Waals surface area contributed by atoms with E-state index in [-0.39, 0.29) is 31.2 Å². The smallest absolute Gasteiger partial charge is 0.170 e. The highest BCUT2D eigenvalue weighted by atomic mass is 16.5. The van der Waals surface area contributed by atoms with Crippen molar-refractivity contribution in [1.29, 1.82) is 0 Å². The SMILES string of the molecule is CCOc1ccc(C(=O)CC(=O)c2ccc(OCC(O)CO)cc2)cc1. The van der Waals surface area contributed by atoms with E-state index in [2.05, 4.69) is 0 Å². The molecule has 6 nitrogen and oxygen atoms in total. The lowest BCUT2D eigenvalue weighted by Gasteiger charge is -2.10. The van der Waals surface area contributed by atoms with E-state index in [0.717, 1.165) is 0 Å². The maximum atomic E-state index is 12.3. The number of rotatable bonds is 10. The quantitative estimate of drug-likeness (QED) is 0.500. The van der Waals surface area contributed by atoms with Crippen molar-refractivity contribution in [3.63, 3.8) is 0 Å². The summed E-state index contributed by atoms with van der Waals surface area (Å²) in [6, 6.07) is 13.0. The van der Waals surface area contributed by atoms with Gasteiger partial charge in [-0.3, -0.25) is 9.59 Å². The number of hydrogen-bond donors (Lipinski definition) is 2. The van der Waals surface area contributed by atoms with E-state index in [1.54, 1.807) is 48.5 Å². The van der Waals surface area contributed by atoms with Crippen LogP contribution in [0.15, 0.2) is 48.5 Å². The fourth-order valence-corrected chi connectivity index (χ4v) is 2.24. The minimum atomic E-state index is -0.956. The van der Waals surface area contributed by atoms with Gasteiger partial charge in [0.05, 0.1) is 19.6 Å². The van der Waals surface area contributed by atoms with Crippen molar-refractivity contribution in [2.45, 2.75) is 19.4 Å². The summed E-state index contributed by atoms with van der Waals surface area (Å²) in [4.78, 5) is 24.5. The normalized spacial score (nSPS) is 11.7. The molecule has 0 aliphatic carbocycles. The van der Waals surface area contributed by atoms with E-state index in [0.29, 0.717) is 29.2 Å². The lowest BCUT2D eigenvalue weighted by atomic mass is 10.0. The predicted octanol–water partition coefficient (Wildman–Crippen LogP) is 2.27. The molecule has 0 aliphatic rings. The van der Waals surface area contributed by atoms with Crippen LogP contribution in [0.25, 0.3) is 0 Å². The molecule has 0 aromatic heterocycles. The number of benzene rings is 2. The van der Waals surface area contributed by atoms with Gasteiger partial charge in [0.25, 0.3) is 0 Å². The van der Waals surface area contributed by atoms with Gasteiger partial charge in [-0.15, -0.1) is 0 Å². The average Bonchev–Trinajstić information content (AvgIpc) is 2.67. The van der Waals surface area contributed by atoms with Gasteiger partial charge in [-0.2, -0.15) is 0 Å². The van der Waals surface area contributed by atoms with Crippen LogP contribution in [-0.2, 0) is 0 Å². The highest BCUT2D eigenvalue weighted by Crippen LogP contribution is 2.17. The first-order valence-corrected chi connectivity index (χ1v) is 8.34. The fourth-order valence-electron chi connectivity index (χ4n) is 2.24. The molecule has 2 aromatic carbocycles. The maximum Gasteiger partial charge on any atom is 0.170 e. The topological polar surface area (TPSA) is 93.1 Å². The Morgan fingerprint density at radius 2 is 1.35 bits per heavy atom. The molecule has 2 aromatic rings. The largest absolute Gasteiger partial charge is 0.494 e. The molecule has 0 saturated carbocycles. The van der Waals surface area contributed by atoms with E-state index in [1.807, 2.05) is 6.92 Å². The van der Waals surface area contributed by atoms with Crippen molar-refractivity contribution in [3.05, 3.63) is 59.7 Å². The fraction of sp³-hybridized carbons (Fsp3) is 0.300. The van der Waals surface area contributed by atoms with Crippen LogP contribution in [0.3, 0.4) is 0 Å². The van der Waals surface area contributed by atoms with Crippen molar-refractivity contribution in [1.82, 2.24) is 0 Å². The Labute approximate surface area is 152 Å². The molecule has 0 fully saturated rings. The van der Waals surface area contributed by atoms with Gasteiger partial charge in [0.1, 0.15) is 24.2 Å². The van der Waals surface area contributed by atoms with Gasteiger partial charge >= 0.3 is 0 Å². The molecule has 1 unspecified atom stereocenters. The lowest BCUT2D eigenvalue weighted by molar-refractivity contribution is 0.0536. The van der Waals surface area contributed by atoms with Crippen LogP contribution in [0, 0.1) is 0 Å². The molecule has 6 heteroatoms. The first-order valence-electron chi connectivity index (χ1n) is 8.34. The van der Waals surface area contributed by atoms with E-state index in [9.17, 15) is 14.7 Å². The predicted molar refractivity (Wildman–Crippen MR) is 95.9 cm³/mol. The Morgan fingerprint density at radius 1 is 0.885 bits per heavy atom. The number of Topliss-reactive ketones (excluding diaryl/α,β-unsaturated/α-hetero) is 2. The van der Waals surface area contributed by atoms with E-state index in [4.69, 9.17) is 14.6 Å². The molecule has 2 N–H and O–H groups in total. The van der Waals surface area contributed by atoms with Crippen LogP contribution in [0.1, 0.15) is 34.1 Å². The van der Waals surface area contributed by atoms with Gasteiger partial charge in [-0.25, -0.2) is 0 Å². The van der Waals surface area contributed by atoms with Gasteiger partial charge in [-0.1, -0.05) is 0 Å². The van der Waals surface area contributed by atoms with Crippen LogP contribution in [0.2, 0.25) is 0 Å². The van der Waals surface area contributed by atoms with Crippen molar-refractivity contribution in [2.24, 2.45) is 0 Å². The third-order valence-electron chi connectivity index (χ3n) is 3.64. The van der Waals surface area contributed by atoms with Crippen molar-refractivity contribution in [3.8, 4) is 11.5 Å². The Morgan fingerprint density at radius 3 is 1.77 bits per heavy atom. The van der Waals surface area contributed by atoms with Crippen molar-refractivity contribution >= 4 is 11.6 Å². The molecule has 0 aliphatic heterocycles. The number of ketones is 2. The number of aliphatic hydroxyl groups excluding tert-OH is 2. The Kier molecular flexibility index (Phi) is 7.32. The Hall–Kier alpha value is -2.70. The van der Waals surface area contributed by atoms with Crippen LogP contribution >= 0.6 is 0 Å². The summed E-state index contributed by atoms with van der Waals surface area (Å²) in [7, 11) is 0. The van der Waals surface area contributed by atoms with E-state index < -0.39 is 6.10 Å². The molecule has 0 saturated heterocycles. The average molecular weight is 358 g/mol. The first kappa shape index (κ1) is 19.6. The molecular weight excluding hydrogens is 336 g/mol. The maximum absolute atomic E-state index is 12.3. The van der Waals surface area contributed by atoms with Crippen molar-refractivity contribution < 1.29 is 29.3 Å². The minimum absolute atomic E-state index is 0.0416.